The molecule has 0 unspecified atom stereocenters. The summed E-state index contributed by atoms with van der Waals surface area (Å²) < 4.78 is 0. The molecule has 0 saturated heterocycles. The quantitative estimate of drug-likeness (QED) is 0.760. The first kappa shape index (κ1) is 14.5. The van der Waals surface area contributed by atoms with Crippen LogP contribution in [0.3, 0.4) is 0 Å². The lowest BCUT2D eigenvalue weighted by atomic mass is 9.99. The molecule has 1 fully saturated rings. The third-order valence-corrected chi connectivity index (χ3v) is 3.57. The number of carbonyl (C=O) groups excluding carboxylic acids is 1. The van der Waals surface area contributed by atoms with Gasteiger partial charge in [0.1, 0.15) is 0 Å². The summed E-state index contributed by atoms with van der Waals surface area (Å²) in [5.41, 5.74) is -1.22. The van der Waals surface area contributed by atoms with Gasteiger partial charge in [-0.2, -0.15) is 0 Å². The molecule has 0 spiro atoms. The van der Waals surface area contributed by atoms with Crippen LogP contribution in [0.15, 0.2) is 0 Å². The van der Waals surface area contributed by atoms with Crippen molar-refractivity contribution in [2.75, 3.05) is 20.1 Å². The maximum atomic E-state index is 12.2. The van der Waals surface area contributed by atoms with Gasteiger partial charge in [-0.3, -0.25) is 4.79 Å². The minimum absolute atomic E-state index is 0.0414. The number of aliphatic hydroxyl groups is 1. The number of nitrogens with zero attached hydrogens (tertiary/aromatic N) is 1. The average molecular weight is 242 g/mol. The minimum atomic E-state index is -0.660. The fraction of sp³-hybridized carbons (Fsp3) is 0.923. The number of amides is 1. The summed E-state index contributed by atoms with van der Waals surface area (Å²) in [5, 5.41) is 13.5. The fourth-order valence-electron chi connectivity index (χ4n) is 2.70. The highest BCUT2D eigenvalue weighted by Gasteiger charge is 2.36. The molecular weight excluding hydrogens is 216 g/mol. The second-order valence-corrected chi connectivity index (χ2v) is 5.75. The molecule has 0 aromatic heterocycles. The Balaban J connectivity index is 2.57. The molecule has 1 aliphatic carbocycles. The summed E-state index contributed by atoms with van der Waals surface area (Å²) in [6, 6.07) is 0. The Kier molecular flexibility index (Phi) is 4.55. The van der Waals surface area contributed by atoms with Crippen LogP contribution in [0.25, 0.3) is 0 Å². The van der Waals surface area contributed by atoms with Crippen molar-refractivity contribution in [3.63, 3.8) is 0 Å². The summed E-state index contributed by atoms with van der Waals surface area (Å²) in [5.74, 6) is 0.0414. The van der Waals surface area contributed by atoms with Crippen LogP contribution in [0.4, 0.5) is 0 Å². The van der Waals surface area contributed by atoms with Gasteiger partial charge in [-0.1, -0.05) is 19.8 Å². The fourth-order valence-corrected chi connectivity index (χ4v) is 2.70. The lowest BCUT2D eigenvalue weighted by Crippen LogP contribution is -2.55. The second kappa shape index (κ2) is 5.36. The average Bonchev–Trinajstić information content (AvgIpc) is 2.63. The third-order valence-electron chi connectivity index (χ3n) is 3.57. The Labute approximate surface area is 104 Å². The molecule has 0 radical (unpaired) electrons. The molecule has 100 valence electrons. The van der Waals surface area contributed by atoms with Gasteiger partial charge in [-0.05, 0) is 33.2 Å². The molecule has 2 N–H and O–H groups in total. The number of rotatable bonds is 5. The molecule has 1 rings (SSSR count). The van der Waals surface area contributed by atoms with E-state index < -0.39 is 11.1 Å². The van der Waals surface area contributed by atoms with Gasteiger partial charge < -0.3 is 15.3 Å². The lowest BCUT2D eigenvalue weighted by Gasteiger charge is -2.34. The standard InChI is InChI=1S/C13H26N2O2/c1-5-14-12(2,3)11(16)15(4)10-13(17)8-6-7-9-13/h14,17H,5-10H2,1-4H3. The van der Waals surface area contributed by atoms with E-state index in [1.54, 1.807) is 11.9 Å². The number of carbonyl (C=O) groups is 1. The van der Waals surface area contributed by atoms with Crippen molar-refractivity contribution in [2.24, 2.45) is 0 Å². The molecule has 0 bridgehead atoms. The van der Waals surface area contributed by atoms with Gasteiger partial charge >= 0.3 is 0 Å². The number of nitrogens with one attached hydrogen (secondary N) is 1. The molecule has 1 amide bonds. The first-order valence-electron chi connectivity index (χ1n) is 6.54. The van der Waals surface area contributed by atoms with Gasteiger partial charge in [0.2, 0.25) is 5.91 Å². The van der Waals surface area contributed by atoms with Crippen molar-refractivity contribution < 1.29 is 9.90 Å². The van der Waals surface area contributed by atoms with Gasteiger partial charge in [0, 0.05) is 13.6 Å². The number of likely N-dealkylation sites (N-methyl/N-ethyl adjacent to an activating group) is 2. The molecule has 0 aromatic carbocycles. The van der Waals surface area contributed by atoms with Crippen molar-refractivity contribution in [1.82, 2.24) is 10.2 Å². The lowest BCUT2D eigenvalue weighted by molar-refractivity contribution is -0.139. The van der Waals surface area contributed by atoms with Gasteiger partial charge in [0.15, 0.2) is 0 Å². The monoisotopic (exact) mass is 242 g/mol. The highest BCUT2D eigenvalue weighted by Crippen LogP contribution is 2.30. The van der Waals surface area contributed by atoms with Crippen LogP contribution in [-0.2, 0) is 4.79 Å². The predicted octanol–water partition coefficient (Wildman–Crippen LogP) is 1.14. The van der Waals surface area contributed by atoms with E-state index >= 15 is 0 Å². The summed E-state index contributed by atoms with van der Waals surface area (Å²) >= 11 is 0. The maximum Gasteiger partial charge on any atom is 0.242 e. The van der Waals surface area contributed by atoms with Crippen molar-refractivity contribution >= 4 is 5.91 Å². The molecular formula is C13H26N2O2. The van der Waals surface area contributed by atoms with E-state index in [1.165, 1.54) is 0 Å². The molecule has 4 nitrogen and oxygen atoms in total. The molecule has 0 atom stereocenters. The van der Waals surface area contributed by atoms with Crippen LogP contribution in [0, 0.1) is 0 Å². The summed E-state index contributed by atoms with van der Waals surface area (Å²) in [7, 11) is 1.78. The summed E-state index contributed by atoms with van der Waals surface area (Å²) in [6.07, 6.45) is 3.75. The van der Waals surface area contributed by atoms with Crippen LogP contribution in [0.2, 0.25) is 0 Å². The van der Waals surface area contributed by atoms with E-state index in [4.69, 9.17) is 0 Å². The van der Waals surface area contributed by atoms with Gasteiger partial charge in [0.05, 0.1) is 11.1 Å². The van der Waals surface area contributed by atoms with E-state index in [9.17, 15) is 9.90 Å². The Bertz CT molecular complexity index is 271. The van der Waals surface area contributed by atoms with E-state index in [0.717, 1.165) is 32.2 Å². The summed E-state index contributed by atoms with van der Waals surface area (Å²) in [4.78, 5) is 13.9. The summed E-state index contributed by atoms with van der Waals surface area (Å²) in [6.45, 7) is 6.96. The third kappa shape index (κ3) is 3.68. The van der Waals surface area contributed by atoms with Gasteiger partial charge in [-0.25, -0.2) is 0 Å². The van der Waals surface area contributed by atoms with Crippen LogP contribution in [0.1, 0.15) is 46.5 Å². The molecule has 0 heterocycles. The molecule has 17 heavy (non-hydrogen) atoms. The largest absolute Gasteiger partial charge is 0.388 e. The van der Waals surface area contributed by atoms with Gasteiger partial charge in [-0.15, -0.1) is 0 Å². The maximum absolute atomic E-state index is 12.2. The zero-order valence-corrected chi connectivity index (χ0v) is 11.5. The normalized spacial score (nSPS) is 19.4. The van der Waals surface area contributed by atoms with Gasteiger partial charge in [0.25, 0.3) is 0 Å². The topological polar surface area (TPSA) is 52.6 Å². The van der Waals surface area contributed by atoms with E-state index in [2.05, 4.69) is 5.32 Å². The molecule has 1 aliphatic rings. The highest BCUT2D eigenvalue weighted by atomic mass is 16.3. The zero-order valence-electron chi connectivity index (χ0n) is 11.5. The molecule has 1 saturated carbocycles. The minimum Gasteiger partial charge on any atom is -0.388 e. The SMILES string of the molecule is CCNC(C)(C)C(=O)N(C)CC1(O)CCCC1. The molecule has 0 aliphatic heterocycles. The zero-order chi connectivity index (χ0) is 13.1. The van der Waals surface area contributed by atoms with E-state index in [0.29, 0.717) is 6.54 Å². The Morgan fingerprint density at radius 2 is 1.94 bits per heavy atom. The first-order chi connectivity index (χ1) is 7.81. The van der Waals surface area contributed by atoms with Crippen molar-refractivity contribution in [3.8, 4) is 0 Å². The molecule has 0 aromatic rings. The Morgan fingerprint density at radius 3 is 2.41 bits per heavy atom. The number of hydrogen-bond acceptors (Lipinski definition) is 3. The van der Waals surface area contributed by atoms with Crippen LogP contribution in [-0.4, -0.2) is 47.2 Å². The second-order valence-electron chi connectivity index (χ2n) is 5.75. The Hall–Kier alpha value is -0.610. The molecule has 4 heteroatoms. The van der Waals surface area contributed by atoms with E-state index in [-0.39, 0.29) is 5.91 Å². The highest BCUT2D eigenvalue weighted by molar-refractivity contribution is 5.85. The van der Waals surface area contributed by atoms with Crippen molar-refractivity contribution in [3.05, 3.63) is 0 Å². The van der Waals surface area contributed by atoms with Crippen LogP contribution >= 0.6 is 0 Å². The van der Waals surface area contributed by atoms with Crippen molar-refractivity contribution in [2.45, 2.75) is 57.6 Å². The van der Waals surface area contributed by atoms with Crippen molar-refractivity contribution in [1.29, 1.82) is 0 Å². The Morgan fingerprint density at radius 1 is 1.41 bits per heavy atom. The van der Waals surface area contributed by atoms with Crippen LogP contribution < -0.4 is 5.32 Å². The smallest absolute Gasteiger partial charge is 0.242 e. The number of hydrogen-bond donors (Lipinski definition) is 2. The van der Waals surface area contributed by atoms with E-state index in [1.807, 2.05) is 20.8 Å². The first-order valence-corrected chi connectivity index (χ1v) is 6.54. The van der Waals surface area contributed by atoms with Crippen LogP contribution in [0.5, 0.6) is 0 Å². The predicted molar refractivity (Wildman–Crippen MR) is 68.8 cm³/mol.